The summed E-state index contributed by atoms with van der Waals surface area (Å²) < 4.78 is 0. The van der Waals surface area contributed by atoms with Crippen LogP contribution in [0.25, 0.3) is 0 Å². The van der Waals surface area contributed by atoms with Gasteiger partial charge in [-0.05, 0) is 31.2 Å². The molecule has 0 bridgehead atoms. The molecule has 0 spiro atoms. The Morgan fingerprint density at radius 3 is 2.82 bits per heavy atom. The van der Waals surface area contributed by atoms with E-state index in [4.69, 9.17) is 5.11 Å². The molecule has 0 aromatic carbocycles. The smallest absolute Gasteiger partial charge is 0.308 e. The molecule has 1 aromatic heterocycles. The predicted molar refractivity (Wildman–Crippen MR) is 65.2 cm³/mol. The fourth-order valence-corrected chi connectivity index (χ4v) is 2.81. The molecule has 1 saturated heterocycles. The summed E-state index contributed by atoms with van der Waals surface area (Å²) in [5.41, 5.74) is 0. The Morgan fingerprint density at radius 1 is 1.47 bits per heavy atom. The second-order valence-corrected chi connectivity index (χ2v) is 5.34. The highest BCUT2D eigenvalue weighted by atomic mass is 32.1. The van der Waals surface area contributed by atoms with Gasteiger partial charge in [-0.2, -0.15) is 0 Å². The maximum atomic E-state index is 12.2. The first-order chi connectivity index (χ1) is 8.09. The number of rotatable bonds is 2. The standard InChI is InChI=1S/C12H15NO3S/c1-8-4-5-9(12(15)16)7-13(8)11(14)10-3-2-6-17-10/h2-3,6,8-9H,4-5,7H2,1H3,(H,15,16). The van der Waals surface area contributed by atoms with Crippen molar-refractivity contribution in [2.75, 3.05) is 6.54 Å². The average Bonchev–Trinajstić information content (AvgIpc) is 2.81. The van der Waals surface area contributed by atoms with Crippen molar-refractivity contribution in [1.82, 2.24) is 4.90 Å². The van der Waals surface area contributed by atoms with Crippen LogP contribution in [-0.4, -0.2) is 34.5 Å². The summed E-state index contributed by atoms with van der Waals surface area (Å²) in [6, 6.07) is 3.74. The Balaban J connectivity index is 2.13. The van der Waals surface area contributed by atoms with Crippen LogP contribution >= 0.6 is 11.3 Å². The second-order valence-electron chi connectivity index (χ2n) is 4.40. The van der Waals surface area contributed by atoms with E-state index in [1.165, 1.54) is 11.3 Å². The Morgan fingerprint density at radius 2 is 2.24 bits per heavy atom. The minimum Gasteiger partial charge on any atom is -0.481 e. The molecule has 4 nitrogen and oxygen atoms in total. The van der Waals surface area contributed by atoms with Gasteiger partial charge in [-0.3, -0.25) is 9.59 Å². The molecule has 2 unspecified atom stereocenters. The van der Waals surface area contributed by atoms with Crippen LogP contribution in [0.5, 0.6) is 0 Å². The summed E-state index contributed by atoms with van der Waals surface area (Å²) >= 11 is 1.40. The molecule has 0 radical (unpaired) electrons. The maximum Gasteiger partial charge on any atom is 0.308 e. The number of carboxylic acids is 1. The summed E-state index contributed by atoms with van der Waals surface area (Å²) in [6.07, 6.45) is 1.42. The molecule has 1 aliphatic heterocycles. The Hall–Kier alpha value is -1.36. The molecule has 2 rings (SSSR count). The Labute approximate surface area is 104 Å². The lowest BCUT2D eigenvalue weighted by Crippen LogP contribution is -2.47. The first kappa shape index (κ1) is 12.1. The zero-order valence-electron chi connectivity index (χ0n) is 9.63. The quantitative estimate of drug-likeness (QED) is 0.877. The van der Waals surface area contributed by atoms with Gasteiger partial charge in [0.2, 0.25) is 0 Å². The van der Waals surface area contributed by atoms with Crippen molar-refractivity contribution in [3.05, 3.63) is 22.4 Å². The summed E-state index contributed by atoms with van der Waals surface area (Å²) in [5.74, 6) is -1.27. The third kappa shape index (κ3) is 2.49. The van der Waals surface area contributed by atoms with Crippen LogP contribution in [0.4, 0.5) is 0 Å². The van der Waals surface area contributed by atoms with E-state index in [0.717, 1.165) is 6.42 Å². The molecule has 1 aliphatic rings. The lowest BCUT2D eigenvalue weighted by atomic mass is 9.93. The second kappa shape index (κ2) is 4.87. The monoisotopic (exact) mass is 253 g/mol. The number of thiophene rings is 1. The van der Waals surface area contributed by atoms with Crippen molar-refractivity contribution in [1.29, 1.82) is 0 Å². The van der Waals surface area contributed by atoms with Crippen molar-refractivity contribution in [3.8, 4) is 0 Å². The van der Waals surface area contributed by atoms with E-state index in [1.807, 2.05) is 18.4 Å². The van der Waals surface area contributed by atoms with Gasteiger partial charge in [-0.15, -0.1) is 11.3 Å². The molecule has 5 heteroatoms. The molecular formula is C12H15NO3S. The highest BCUT2D eigenvalue weighted by Gasteiger charge is 2.33. The van der Waals surface area contributed by atoms with Crippen LogP contribution in [0.15, 0.2) is 17.5 Å². The van der Waals surface area contributed by atoms with Crippen LogP contribution in [-0.2, 0) is 4.79 Å². The zero-order valence-corrected chi connectivity index (χ0v) is 10.4. The van der Waals surface area contributed by atoms with Crippen LogP contribution in [0.3, 0.4) is 0 Å². The number of piperidine rings is 1. The van der Waals surface area contributed by atoms with Crippen molar-refractivity contribution < 1.29 is 14.7 Å². The van der Waals surface area contributed by atoms with E-state index in [-0.39, 0.29) is 11.9 Å². The SMILES string of the molecule is CC1CCC(C(=O)O)CN1C(=O)c1cccs1. The van der Waals surface area contributed by atoms with Gasteiger partial charge in [-0.1, -0.05) is 6.07 Å². The predicted octanol–water partition coefficient (Wildman–Crippen LogP) is 2.07. The molecule has 1 aromatic rings. The number of hydrogen-bond donors (Lipinski definition) is 1. The number of amides is 1. The van der Waals surface area contributed by atoms with Gasteiger partial charge in [0.05, 0.1) is 10.8 Å². The number of nitrogens with zero attached hydrogens (tertiary/aromatic N) is 1. The molecule has 1 fully saturated rings. The van der Waals surface area contributed by atoms with Crippen molar-refractivity contribution in [2.45, 2.75) is 25.8 Å². The Kier molecular flexibility index (Phi) is 3.47. The molecule has 1 amide bonds. The number of aliphatic carboxylic acids is 1. The molecular weight excluding hydrogens is 238 g/mol. The molecule has 2 heterocycles. The van der Waals surface area contributed by atoms with Gasteiger partial charge in [0, 0.05) is 12.6 Å². The lowest BCUT2D eigenvalue weighted by molar-refractivity contribution is -0.143. The first-order valence-electron chi connectivity index (χ1n) is 5.67. The van der Waals surface area contributed by atoms with Crippen LogP contribution < -0.4 is 0 Å². The van der Waals surface area contributed by atoms with Gasteiger partial charge in [0.1, 0.15) is 0 Å². The fourth-order valence-electron chi connectivity index (χ4n) is 2.13. The molecule has 17 heavy (non-hydrogen) atoms. The van der Waals surface area contributed by atoms with Gasteiger partial charge in [-0.25, -0.2) is 0 Å². The third-order valence-electron chi connectivity index (χ3n) is 3.22. The maximum absolute atomic E-state index is 12.2. The van der Waals surface area contributed by atoms with Crippen LogP contribution in [0, 0.1) is 5.92 Å². The fraction of sp³-hybridized carbons (Fsp3) is 0.500. The van der Waals surface area contributed by atoms with Gasteiger partial charge >= 0.3 is 5.97 Å². The molecule has 2 atom stereocenters. The minimum absolute atomic E-state index is 0.0431. The first-order valence-corrected chi connectivity index (χ1v) is 6.55. The number of carbonyl (C=O) groups excluding carboxylic acids is 1. The normalized spacial score (nSPS) is 24.6. The van der Waals surface area contributed by atoms with Gasteiger partial charge in [0.15, 0.2) is 0 Å². The summed E-state index contributed by atoms with van der Waals surface area (Å²) in [7, 11) is 0. The molecule has 1 N–H and O–H groups in total. The van der Waals surface area contributed by atoms with E-state index in [2.05, 4.69) is 0 Å². The number of likely N-dealkylation sites (tertiary alicyclic amines) is 1. The molecule has 92 valence electrons. The third-order valence-corrected chi connectivity index (χ3v) is 4.08. The van der Waals surface area contributed by atoms with Crippen molar-refractivity contribution in [2.24, 2.45) is 5.92 Å². The highest BCUT2D eigenvalue weighted by molar-refractivity contribution is 7.12. The summed E-state index contributed by atoms with van der Waals surface area (Å²) in [4.78, 5) is 25.5. The lowest BCUT2D eigenvalue weighted by Gasteiger charge is -2.36. The van der Waals surface area contributed by atoms with Crippen molar-refractivity contribution in [3.63, 3.8) is 0 Å². The van der Waals surface area contributed by atoms with Gasteiger partial charge in [0.25, 0.3) is 5.91 Å². The largest absolute Gasteiger partial charge is 0.481 e. The average molecular weight is 253 g/mol. The van der Waals surface area contributed by atoms with E-state index >= 15 is 0 Å². The number of carboxylic acid groups (broad SMARTS) is 1. The number of hydrogen-bond acceptors (Lipinski definition) is 3. The van der Waals surface area contributed by atoms with E-state index in [9.17, 15) is 9.59 Å². The van der Waals surface area contributed by atoms with Gasteiger partial charge < -0.3 is 10.0 Å². The summed E-state index contributed by atoms with van der Waals surface area (Å²) in [6.45, 7) is 2.30. The Bertz CT molecular complexity index is 415. The molecule has 0 aliphatic carbocycles. The summed E-state index contributed by atoms with van der Waals surface area (Å²) in [5, 5.41) is 10.9. The van der Waals surface area contributed by atoms with E-state index < -0.39 is 11.9 Å². The minimum atomic E-state index is -0.805. The van der Waals surface area contributed by atoms with Crippen LogP contribution in [0.1, 0.15) is 29.4 Å². The molecule has 0 saturated carbocycles. The zero-order chi connectivity index (χ0) is 12.4. The van der Waals surface area contributed by atoms with Crippen LogP contribution in [0.2, 0.25) is 0 Å². The highest BCUT2D eigenvalue weighted by Crippen LogP contribution is 2.25. The van der Waals surface area contributed by atoms with Crippen molar-refractivity contribution >= 4 is 23.2 Å². The van der Waals surface area contributed by atoms with E-state index in [1.54, 1.807) is 11.0 Å². The van der Waals surface area contributed by atoms with E-state index in [0.29, 0.717) is 17.8 Å². The topological polar surface area (TPSA) is 57.6 Å². The number of carbonyl (C=O) groups is 2.